The van der Waals surface area contributed by atoms with E-state index in [1.165, 1.54) is 12.8 Å². The summed E-state index contributed by atoms with van der Waals surface area (Å²) in [7, 11) is 0. The van der Waals surface area contributed by atoms with Gasteiger partial charge in [-0.3, -0.25) is 4.79 Å². The van der Waals surface area contributed by atoms with Gasteiger partial charge in [-0.1, -0.05) is 47.3 Å². The summed E-state index contributed by atoms with van der Waals surface area (Å²) in [6.07, 6.45) is 6.02. The number of carbonyl (C=O) groups excluding carboxylic acids is 1. The van der Waals surface area contributed by atoms with Crippen LogP contribution in [0.15, 0.2) is 28.7 Å². The van der Waals surface area contributed by atoms with E-state index in [9.17, 15) is 4.79 Å². The molecule has 0 radical (unpaired) electrons. The molecule has 0 saturated heterocycles. The van der Waals surface area contributed by atoms with Crippen molar-refractivity contribution in [3.63, 3.8) is 0 Å². The molecule has 2 atom stereocenters. The maximum Gasteiger partial charge on any atom is 0.224 e. The van der Waals surface area contributed by atoms with Gasteiger partial charge in [0.05, 0.1) is 6.42 Å². The van der Waals surface area contributed by atoms with Crippen molar-refractivity contribution >= 4 is 21.8 Å². The summed E-state index contributed by atoms with van der Waals surface area (Å²) in [6, 6.07) is 8.11. The Labute approximate surface area is 123 Å². The monoisotopic (exact) mass is 324 g/mol. The van der Waals surface area contributed by atoms with Crippen LogP contribution in [0, 0.1) is 0 Å². The predicted octanol–water partition coefficient (Wildman–Crippen LogP) is 2.77. The molecule has 19 heavy (non-hydrogen) atoms. The Morgan fingerprint density at radius 2 is 1.89 bits per heavy atom. The number of nitrogens with one attached hydrogen (secondary N) is 1. The van der Waals surface area contributed by atoms with E-state index in [-0.39, 0.29) is 18.0 Å². The average Bonchev–Trinajstić information content (AvgIpc) is 2.58. The molecule has 1 fully saturated rings. The van der Waals surface area contributed by atoms with Crippen LogP contribution < -0.4 is 11.1 Å². The lowest BCUT2D eigenvalue weighted by atomic mass is 10.0. The molecule has 3 nitrogen and oxygen atoms in total. The number of halogens is 1. The van der Waals surface area contributed by atoms with E-state index in [0.717, 1.165) is 29.3 Å². The van der Waals surface area contributed by atoms with E-state index >= 15 is 0 Å². The molecular weight excluding hydrogens is 304 g/mol. The minimum absolute atomic E-state index is 0.0738. The number of hydrogen-bond donors (Lipinski definition) is 2. The molecular formula is C15H21BrN2O. The maximum atomic E-state index is 12.0. The van der Waals surface area contributed by atoms with Gasteiger partial charge in [-0.25, -0.2) is 0 Å². The fraction of sp³-hybridized carbons (Fsp3) is 0.533. The summed E-state index contributed by atoms with van der Waals surface area (Å²) >= 11 is 3.39. The molecule has 0 aromatic heterocycles. The molecule has 4 heteroatoms. The molecule has 2 unspecified atom stereocenters. The molecule has 1 amide bonds. The standard InChI is InChI=1S/C15H21BrN2O/c16-12-8-6-11(7-9-12)10-15(19)18-14-5-3-1-2-4-13(14)17/h6-9,13-14H,1-5,10,17H2,(H,18,19). The summed E-state index contributed by atoms with van der Waals surface area (Å²) in [5, 5.41) is 3.10. The first-order valence-electron chi connectivity index (χ1n) is 6.94. The molecule has 0 heterocycles. The molecule has 0 spiro atoms. The lowest BCUT2D eigenvalue weighted by molar-refractivity contribution is -0.121. The molecule has 1 aromatic carbocycles. The zero-order valence-electron chi connectivity index (χ0n) is 11.1. The summed E-state index contributed by atoms with van der Waals surface area (Å²) in [6.45, 7) is 0. The highest BCUT2D eigenvalue weighted by atomic mass is 79.9. The van der Waals surface area contributed by atoms with Crippen molar-refractivity contribution < 1.29 is 4.79 Å². The van der Waals surface area contributed by atoms with Crippen LogP contribution in [0.4, 0.5) is 0 Å². The third kappa shape index (κ3) is 4.62. The SMILES string of the molecule is NC1CCCCCC1NC(=O)Cc1ccc(Br)cc1. The molecule has 0 bridgehead atoms. The van der Waals surface area contributed by atoms with Crippen LogP contribution in [-0.4, -0.2) is 18.0 Å². The van der Waals surface area contributed by atoms with Gasteiger partial charge in [-0.05, 0) is 30.5 Å². The van der Waals surface area contributed by atoms with E-state index in [4.69, 9.17) is 5.73 Å². The molecule has 2 rings (SSSR count). The highest BCUT2D eigenvalue weighted by Gasteiger charge is 2.21. The van der Waals surface area contributed by atoms with Crippen LogP contribution in [0.5, 0.6) is 0 Å². The first-order valence-corrected chi connectivity index (χ1v) is 7.74. The maximum absolute atomic E-state index is 12.0. The van der Waals surface area contributed by atoms with Crippen molar-refractivity contribution in [2.75, 3.05) is 0 Å². The Morgan fingerprint density at radius 1 is 1.21 bits per heavy atom. The fourth-order valence-corrected chi connectivity index (χ4v) is 2.83. The van der Waals surface area contributed by atoms with Crippen molar-refractivity contribution in [1.82, 2.24) is 5.32 Å². The van der Waals surface area contributed by atoms with Gasteiger partial charge in [0, 0.05) is 16.6 Å². The van der Waals surface area contributed by atoms with Gasteiger partial charge in [-0.2, -0.15) is 0 Å². The highest BCUT2D eigenvalue weighted by molar-refractivity contribution is 9.10. The Morgan fingerprint density at radius 3 is 2.63 bits per heavy atom. The average molecular weight is 325 g/mol. The first kappa shape index (κ1) is 14.5. The van der Waals surface area contributed by atoms with Crippen LogP contribution in [0.1, 0.15) is 37.7 Å². The zero-order chi connectivity index (χ0) is 13.7. The quantitative estimate of drug-likeness (QED) is 0.840. The Balaban J connectivity index is 1.87. The number of benzene rings is 1. The van der Waals surface area contributed by atoms with E-state index in [1.807, 2.05) is 24.3 Å². The number of hydrogen-bond acceptors (Lipinski definition) is 2. The van der Waals surface area contributed by atoms with Crippen molar-refractivity contribution in [2.45, 2.75) is 50.6 Å². The second kappa shape index (κ2) is 7.06. The highest BCUT2D eigenvalue weighted by Crippen LogP contribution is 2.17. The topological polar surface area (TPSA) is 55.1 Å². The van der Waals surface area contributed by atoms with E-state index in [2.05, 4.69) is 21.2 Å². The third-order valence-electron chi connectivity index (χ3n) is 3.69. The smallest absolute Gasteiger partial charge is 0.224 e. The largest absolute Gasteiger partial charge is 0.352 e. The van der Waals surface area contributed by atoms with Gasteiger partial charge >= 0.3 is 0 Å². The second-order valence-corrected chi connectivity index (χ2v) is 6.19. The van der Waals surface area contributed by atoms with Crippen LogP contribution in [0.25, 0.3) is 0 Å². The molecule has 104 valence electrons. The number of amides is 1. The van der Waals surface area contributed by atoms with E-state index in [1.54, 1.807) is 0 Å². The second-order valence-electron chi connectivity index (χ2n) is 5.28. The van der Waals surface area contributed by atoms with Gasteiger partial charge in [0.15, 0.2) is 0 Å². The van der Waals surface area contributed by atoms with Crippen LogP contribution in [0.3, 0.4) is 0 Å². The molecule has 1 aliphatic carbocycles. The summed E-state index contributed by atoms with van der Waals surface area (Å²) in [5.74, 6) is 0.0738. The number of carbonyl (C=O) groups is 1. The minimum atomic E-state index is 0.0738. The Bertz CT molecular complexity index is 419. The molecule has 1 aliphatic rings. The van der Waals surface area contributed by atoms with Gasteiger partial charge in [-0.15, -0.1) is 0 Å². The van der Waals surface area contributed by atoms with Crippen LogP contribution in [0.2, 0.25) is 0 Å². The normalized spacial score (nSPS) is 23.7. The predicted molar refractivity (Wildman–Crippen MR) is 80.8 cm³/mol. The van der Waals surface area contributed by atoms with Gasteiger partial charge in [0.2, 0.25) is 5.91 Å². The van der Waals surface area contributed by atoms with Crippen molar-refractivity contribution in [1.29, 1.82) is 0 Å². The summed E-state index contributed by atoms with van der Waals surface area (Å²) in [5.41, 5.74) is 7.15. The molecule has 0 aliphatic heterocycles. The summed E-state index contributed by atoms with van der Waals surface area (Å²) < 4.78 is 1.03. The van der Waals surface area contributed by atoms with E-state index < -0.39 is 0 Å². The number of nitrogens with two attached hydrogens (primary N) is 1. The lowest BCUT2D eigenvalue weighted by Crippen LogP contribution is -2.47. The fourth-order valence-electron chi connectivity index (χ4n) is 2.56. The Hall–Kier alpha value is -0.870. The summed E-state index contributed by atoms with van der Waals surface area (Å²) in [4.78, 5) is 12.0. The number of rotatable bonds is 3. The first-order chi connectivity index (χ1) is 9.15. The van der Waals surface area contributed by atoms with E-state index in [0.29, 0.717) is 6.42 Å². The van der Waals surface area contributed by atoms with Gasteiger partial charge < -0.3 is 11.1 Å². The van der Waals surface area contributed by atoms with Crippen molar-refractivity contribution in [3.8, 4) is 0 Å². The Kier molecular flexibility index (Phi) is 5.40. The van der Waals surface area contributed by atoms with Crippen LogP contribution in [-0.2, 0) is 11.2 Å². The zero-order valence-corrected chi connectivity index (χ0v) is 12.7. The van der Waals surface area contributed by atoms with Gasteiger partial charge in [0.1, 0.15) is 0 Å². The van der Waals surface area contributed by atoms with Crippen molar-refractivity contribution in [2.24, 2.45) is 5.73 Å². The molecule has 1 aromatic rings. The minimum Gasteiger partial charge on any atom is -0.352 e. The third-order valence-corrected chi connectivity index (χ3v) is 4.22. The van der Waals surface area contributed by atoms with Gasteiger partial charge in [0.25, 0.3) is 0 Å². The van der Waals surface area contributed by atoms with Crippen LogP contribution >= 0.6 is 15.9 Å². The van der Waals surface area contributed by atoms with Crippen molar-refractivity contribution in [3.05, 3.63) is 34.3 Å². The lowest BCUT2D eigenvalue weighted by Gasteiger charge is -2.22. The molecule has 1 saturated carbocycles. The molecule has 3 N–H and O–H groups in total.